The van der Waals surface area contributed by atoms with Crippen molar-refractivity contribution in [2.75, 3.05) is 19.1 Å². The van der Waals surface area contributed by atoms with E-state index in [1.54, 1.807) is 7.11 Å². The Balaban J connectivity index is 2.18. The lowest BCUT2D eigenvalue weighted by atomic mass is 10.1. The van der Waals surface area contributed by atoms with Crippen molar-refractivity contribution in [2.24, 2.45) is 5.73 Å². The molecule has 0 saturated carbocycles. The van der Waals surface area contributed by atoms with E-state index in [-0.39, 0.29) is 0 Å². The molecule has 2 N–H and O–H groups in total. The summed E-state index contributed by atoms with van der Waals surface area (Å²) in [6.07, 6.45) is 0. The number of ether oxygens (including phenoxy) is 1. The molecule has 0 amide bonds. The Bertz CT molecular complexity index is 569. The van der Waals surface area contributed by atoms with E-state index in [1.807, 2.05) is 18.2 Å². The highest BCUT2D eigenvalue weighted by molar-refractivity contribution is 9.10. The van der Waals surface area contributed by atoms with Crippen LogP contribution in [0.5, 0.6) is 5.75 Å². The second-order valence-corrected chi connectivity index (χ2v) is 5.60. The molecule has 0 unspecified atom stereocenters. The molecule has 0 fully saturated rings. The van der Waals surface area contributed by atoms with Crippen LogP contribution in [0.2, 0.25) is 0 Å². The molecule has 20 heavy (non-hydrogen) atoms. The van der Waals surface area contributed by atoms with Gasteiger partial charge < -0.3 is 15.4 Å². The topological polar surface area (TPSA) is 38.5 Å². The maximum atomic E-state index is 5.81. The van der Waals surface area contributed by atoms with E-state index in [4.69, 9.17) is 10.5 Å². The lowest BCUT2D eigenvalue weighted by Crippen LogP contribution is -2.19. The summed E-state index contributed by atoms with van der Waals surface area (Å²) in [5.74, 6) is 0.876. The summed E-state index contributed by atoms with van der Waals surface area (Å²) in [6, 6.07) is 14.3. The molecule has 0 heterocycles. The van der Waals surface area contributed by atoms with Gasteiger partial charge in [-0.15, -0.1) is 0 Å². The average molecular weight is 335 g/mol. The molecule has 2 rings (SSSR count). The number of rotatable bonds is 5. The Morgan fingerprint density at radius 3 is 2.45 bits per heavy atom. The lowest BCUT2D eigenvalue weighted by Gasteiger charge is -2.22. The van der Waals surface area contributed by atoms with Gasteiger partial charge in [0.05, 0.1) is 7.11 Å². The number of nitrogens with two attached hydrogens (primary N) is 1. The second-order valence-electron chi connectivity index (χ2n) is 4.68. The van der Waals surface area contributed by atoms with Gasteiger partial charge in [0.2, 0.25) is 0 Å². The molecular formula is C16H19BrN2O. The van der Waals surface area contributed by atoms with Crippen molar-refractivity contribution in [2.45, 2.75) is 13.1 Å². The van der Waals surface area contributed by atoms with E-state index in [9.17, 15) is 0 Å². The van der Waals surface area contributed by atoms with Crippen LogP contribution in [0.15, 0.2) is 46.9 Å². The van der Waals surface area contributed by atoms with Crippen LogP contribution in [0.25, 0.3) is 0 Å². The normalized spacial score (nSPS) is 10.4. The van der Waals surface area contributed by atoms with Crippen LogP contribution in [0.4, 0.5) is 5.69 Å². The van der Waals surface area contributed by atoms with Gasteiger partial charge in [0.1, 0.15) is 5.75 Å². The van der Waals surface area contributed by atoms with Gasteiger partial charge in [-0.25, -0.2) is 0 Å². The van der Waals surface area contributed by atoms with Crippen LogP contribution in [-0.4, -0.2) is 14.2 Å². The van der Waals surface area contributed by atoms with Gasteiger partial charge in [-0.05, 0) is 35.4 Å². The molecule has 0 aliphatic rings. The van der Waals surface area contributed by atoms with E-state index < -0.39 is 0 Å². The van der Waals surface area contributed by atoms with Crippen LogP contribution >= 0.6 is 15.9 Å². The smallest absolute Gasteiger partial charge is 0.118 e. The third kappa shape index (κ3) is 3.52. The predicted octanol–water partition coefficient (Wildman–Crippen LogP) is 3.55. The number of methoxy groups -OCH3 is 1. The zero-order valence-electron chi connectivity index (χ0n) is 11.8. The number of nitrogens with zero attached hydrogens (tertiary/aromatic N) is 1. The molecule has 0 aromatic heterocycles. The van der Waals surface area contributed by atoms with Crippen molar-refractivity contribution in [3.05, 3.63) is 58.1 Å². The zero-order valence-corrected chi connectivity index (χ0v) is 13.4. The van der Waals surface area contributed by atoms with Crippen LogP contribution in [0.1, 0.15) is 11.1 Å². The fourth-order valence-corrected chi connectivity index (χ4v) is 2.50. The molecule has 106 valence electrons. The number of hydrogen-bond donors (Lipinski definition) is 1. The van der Waals surface area contributed by atoms with Gasteiger partial charge in [-0.3, -0.25) is 0 Å². The molecule has 0 spiro atoms. The van der Waals surface area contributed by atoms with Gasteiger partial charge in [-0.2, -0.15) is 0 Å². The van der Waals surface area contributed by atoms with Crippen LogP contribution in [-0.2, 0) is 13.1 Å². The van der Waals surface area contributed by atoms with Gasteiger partial charge in [0.15, 0.2) is 0 Å². The molecule has 0 aliphatic carbocycles. The standard InChI is InChI=1S/C16H19BrN2O/c1-19(11-12-3-7-15(20-2)8-4-12)16-9-14(17)6-5-13(16)10-18/h3-9H,10-11,18H2,1-2H3. The summed E-state index contributed by atoms with van der Waals surface area (Å²) < 4.78 is 6.24. The van der Waals surface area contributed by atoms with Gasteiger partial charge in [0, 0.05) is 30.3 Å². The third-order valence-electron chi connectivity index (χ3n) is 3.26. The number of anilines is 1. The van der Waals surface area contributed by atoms with Gasteiger partial charge >= 0.3 is 0 Å². The predicted molar refractivity (Wildman–Crippen MR) is 87.1 cm³/mol. The Morgan fingerprint density at radius 1 is 1.15 bits per heavy atom. The first-order chi connectivity index (χ1) is 9.63. The fraction of sp³-hybridized carbons (Fsp3) is 0.250. The van der Waals surface area contributed by atoms with Crippen LogP contribution < -0.4 is 15.4 Å². The minimum absolute atomic E-state index is 0.537. The summed E-state index contributed by atoms with van der Waals surface area (Å²) in [5.41, 5.74) is 9.34. The first-order valence-electron chi connectivity index (χ1n) is 6.46. The molecule has 0 aliphatic heterocycles. The van der Waals surface area contributed by atoms with Crippen molar-refractivity contribution in [1.82, 2.24) is 0 Å². The molecule has 4 heteroatoms. The Hall–Kier alpha value is -1.52. The van der Waals surface area contributed by atoms with Gasteiger partial charge in [-0.1, -0.05) is 34.1 Å². The molecule has 2 aromatic carbocycles. The molecule has 2 aromatic rings. The monoisotopic (exact) mass is 334 g/mol. The van der Waals surface area contributed by atoms with E-state index >= 15 is 0 Å². The molecule has 0 bridgehead atoms. The van der Waals surface area contributed by atoms with Crippen LogP contribution in [0, 0.1) is 0 Å². The van der Waals surface area contributed by atoms with E-state index in [0.29, 0.717) is 6.54 Å². The summed E-state index contributed by atoms with van der Waals surface area (Å²) in [5, 5.41) is 0. The lowest BCUT2D eigenvalue weighted by molar-refractivity contribution is 0.414. The van der Waals surface area contributed by atoms with E-state index in [0.717, 1.165) is 28.0 Å². The molecular weight excluding hydrogens is 316 g/mol. The molecule has 0 radical (unpaired) electrons. The average Bonchev–Trinajstić information content (AvgIpc) is 2.48. The highest BCUT2D eigenvalue weighted by Gasteiger charge is 2.08. The highest BCUT2D eigenvalue weighted by Crippen LogP contribution is 2.25. The SMILES string of the molecule is COc1ccc(CN(C)c2cc(Br)ccc2CN)cc1. The van der Waals surface area contributed by atoms with E-state index in [2.05, 4.69) is 52.1 Å². The number of benzene rings is 2. The van der Waals surface area contributed by atoms with Crippen molar-refractivity contribution >= 4 is 21.6 Å². The largest absolute Gasteiger partial charge is 0.497 e. The van der Waals surface area contributed by atoms with Crippen molar-refractivity contribution in [1.29, 1.82) is 0 Å². The maximum absolute atomic E-state index is 5.81. The minimum Gasteiger partial charge on any atom is -0.497 e. The van der Waals surface area contributed by atoms with Crippen molar-refractivity contribution in [3.8, 4) is 5.75 Å². The maximum Gasteiger partial charge on any atom is 0.118 e. The summed E-state index contributed by atoms with van der Waals surface area (Å²) in [7, 11) is 3.75. The highest BCUT2D eigenvalue weighted by atomic mass is 79.9. The fourth-order valence-electron chi connectivity index (χ4n) is 2.15. The van der Waals surface area contributed by atoms with Gasteiger partial charge in [0.25, 0.3) is 0 Å². The van der Waals surface area contributed by atoms with Crippen molar-refractivity contribution < 1.29 is 4.74 Å². The number of halogens is 1. The molecule has 0 atom stereocenters. The minimum atomic E-state index is 0.537. The molecule has 0 saturated heterocycles. The molecule has 3 nitrogen and oxygen atoms in total. The zero-order chi connectivity index (χ0) is 14.5. The van der Waals surface area contributed by atoms with E-state index in [1.165, 1.54) is 5.56 Å². The quantitative estimate of drug-likeness (QED) is 0.908. The van der Waals surface area contributed by atoms with Crippen LogP contribution in [0.3, 0.4) is 0 Å². The summed E-state index contributed by atoms with van der Waals surface area (Å²) >= 11 is 3.51. The first-order valence-corrected chi connectivity index (χ1v) is 7.26. The second kappa shape index (κ2) is 6.77. The summed E-state index contributed by atoms with van der Waals surface area (Å²) in [6.45, 7) is 1.36. The van der Waals surface area contributed by atoms with Crippen molar-refractivity contribution in [3.63, 3.8) is 0 Å². The Morgan fingerprint density at radius 2 is 1.85 bits per heavy atom. The first kappa shape index (κ1) is 14.9. The summed E-state index contributed by atoms with van der Waals surface area (Å²) in [4.78, 5) is 2.20. The number of hydrogen-bond acceptors (Lipinski definition) is 3. The Labute approximate surface area is 128 Å². The Kier molecular flexibility index (Phi) is 5.04. The third-order valence-corrected chi connectivity index (χ3v) is 3.75.